The van der Waals surface area contributed by atoms with Crippen LogP contribution in [0.25, 0.3) is 6.08 Å². The number of carboxylic acid groups (broad SMARTS) is 1. The van der Waals surface area contributed by atoms with Crippen LogP contribution in [0.5, 0.6) is 17.2 Å². The Morgan fingerprint density at radius 3 is 2.24 bits per heavy atom. The molecule has 0 atom stereocenters. The molecule has 1 aromatic carbocycles. The van der Waals surface area contributed by atoms with Gasteiger partial charge in [-0.3, -0.25) is 4.79 Å². The predicted octanol–water partition coefficient (Wildman–Crippen LogP) is 1.90. The van der Waals surface area contributed by atoms with Gasteiger partial charge in [-0.15, -0.1) is 0 Å². The Bertz CT molecular complexity index is 412. The summed E-state index contributed by atoms with van der Waals surface area (Å²) < 4.78 is 9.95. The Morgan fingerprint density at radius 2 is 1.82 bits per heavy atom. The lowest BCUT2D eigenvalue weighted by Gasteiger charge is -2.09. The molecule has 0 amide bonds. The van der Waals surface area contributed by atoms with Gasteiger partial charge >= 0.3 is 5.97 Å². The Balaban J connectivity index is 3.00. The third kappa shape index (κ3) is 3.41. The van der Waals surface area contributed by atoms with Crippen molar-refractivity contribution in [2.45, 2.75) is 6.42 Å². The molecule has 0 aliphatic rings. The van der Waals surface area contributed by atoms with Crippen molar-refractivity contribution in [2.24, 2.45) is 0 Å². The van der Waals surface area contributed by atoms with E-state index >= 15 is 0 Å². The number of ether oxygens (including phenoxy) is 2. The van der Waals surface area contributed by atoms with Crippen molar-refractivity contribution < 1.29 is 24.5 Å². The lowest BCUT2D eigenvalue weighted by molar-refractivity contribution is -0.135. The van der Waals surface area contributed by atoms with Crippen LogP contribution >= 0.6 is 0 Å². The summed E-state index contributed by atoms with van der Waals surface area (Å²) in [5.74, 6) is -0.428. The van der Waals surface area contributed by atoms with Crippen molar-refractivity contribution in [1.82, 2.24) is 0 Å². The van der Waals surface area contributed by atoms with Gasteiger partial charge in [-0.25, -0.2) is 0 Å². The number of hydrogen-bond acceptors (Lipinski definition) is 4. The molecule has 0 unspecified atom stereocenters. The summed E-state index contributed by atoms with van der Waals surface area (Å²) in [5, 5.41) is 18.2. The largest absolute Gasteiger partial charge is 0.502 e. The molecule has 1 aromatic rings. The van der Waals surface area contributed by atoms with Gasteiger partial charge in [0.15, 0.2) is 11.5 Å². The molecule has 0 saturated carbocycles. The maximum atomic E-state index is 10.3. The monoisotopic (exact) mass is 238 g/mol. The van der Waals surface area contributed by atoms with Gasteiger partial charge in [0.05, 0.1) is 20.6 Å². The summed E-state index contributed by atoms with van der Waals surface area (Å²) in [7, 11) is 2.86. The van der Waals surface area contributed by atoms with Gasteiger partial charge in [0.25, 0.3) is 0 Å². The molecule has 0 radical (unpaired) electrons. The molecule has 0 aliphatic carbocycles. The first-order chi connectivity index (χ1) is 8.08. The van der Waals surface area contributed by atoms with Crippen LogP contribution in [0.15, 0.2) is 18.2 Å². The number of aromatic hydroxyl groups is 1. The molecule has 0 fully saturated rings. The molecule has 0 saturated heterocycles. The van der Waals surface area contributed by atoms with E-state index in [1.165, 1.54) is 20.3 Å². The molecule has 0 bridgehead atoms. The van der Waals surface area contributed by atoms with E-state index in [0.29, 0.717) is 5.56 Å². The van der Waals surface area contributed by atoms with Crippen LogP contribution in [0.2, 0.25) is 0 Å². The van der Waals surface area contributed by atoms with E-state index in [1.54, 1.807) is 18.2 Å². The van der Waals surface area contributed by atoms with Crippen LogP contribution in [0.4, 0.5) is 0 Å². The summed E-state index contributed by atoms with van der Waals surface area (Å²) in [5.41, 5.74) is 0.692. The molecule has 5 heteroatoms. The van der Waals surface area contributed by atoms with E-state index in [2.05, 4.69) is 0 Å². The maximum Gasteiger partial charge on any atom is 0.307 e. The number of carbonyl (C=O) groups is 1. The third-order valence-corrected chi connectivity index (χ3v) is 2.10. The molecule has 5 nitrogen and oxygen atoms in total. The minimum absolute atomic E-state index is 0.0640. The predicted molar refractivity (Wildman–Crippen MR) is 62.5 cm³/mol. The fourth-order valence-corrected chi connectivity index (χ4v) is 1.31. The molecule has 2 N–H and O–H groups in total. The summed E-state index contributed by atoms with van der Waals surface area (Å²) >= 11 is 0. The van der Waals surface area contributed by atoms with Crippen LogP contribution in [-0.2, 0) is 4.79 Å². The van der Waals surface area contributed by atoms with Crippen molar-refractivity contribution in [3.63, 3.8) is 0 Å². The molecule has 92 valence electrons. The average molecular weight is 238 g/mol. The summed E-state index contributed by atoms with van der Waals surface area (Å²) in [4.78, 5) is 10.3. The number of phenols is 1. The van der Waals surface area contributed by atoms with E-state index in [9.17, 15) is 9.90 Å². The quantitative estimate of drug-likeness (QED) is 0.819. The number of hydrogen-bond donors (Lipinski definition) is 2. The zero-order valence-corrected chi connectivity index (χ0v) is 9.64. The highest BCUT2D eigenvalue weighted by atomic mass is 16.5. The number of phenolic OH excluding ortho intramolecular Hbond substituents is 1. The van der Waals surface area contributed by atoms with E-state index in [-0.39, 0.29) is 23.7 Å². The van der Waals surface area contributed by atoms with Crippen LogP contribution < -0.4 is 9.47 Å². The van der Waals surface area contributed by atoms with Crippen LogP contribution in [0.3, 0.4) is 0 Å². The second-order valence-corrected chi connectivity index (χ2v) is 3.27. The van der Waals surface area contributed by atoms with Crippen LogP contribution in [0, 0.1) is 0 Å². The molecule has 0 aliphatic heterocycles. The summed E-state index contributed by atoms with van der Waals surface area (Å²) in [6.07, 6.45) is 3.07. The number of carboxylic acids is 1. The molecule has 17 heavy (non-hydrogen) atoms. The maximum absolute atomic E-state index is 10.3. The first kappa shape index (κ1) is 12.9. The van der Waals surface area contributed by atoms with Crippen molar-refractivity contribution >= 4 is 12.0 Å². The summed E-state index contributed by atoms with van der Waals surface area (Å²) in [6, 6.07) is 3.19. The minimum atomic E-state index is -0.904. The number of aliphatic carboxylic acids is 1. The van der Waals surface area contributed by atoms with Gasteiger partial charge < -0.3 is 19.7 Å². The fourth-order valence-electron chi connectivity index (χ4n) is 1.31. The van der Waals surface area contributed by atoms with Gasteiger partial charge in [0.1, 0.15) is 0 Å². The summed E-state index contributed by atoms with van der Waals surface area (Å²) in [6.45, 7) is 0. The van der Waals surface area contributed by atoms with Gasteiger partial charge in [-0.1, -0.05) is 12.2 Å². The van der Waals surface area contributed by atoms with E-state index in [4.69, 9.17) is 14.6 Å². The molecule has 0 heterocycles. The second-order valence-electron chi connectivity index (χ2n) is 3.27. The normalized spacial score (nSPS) is 10.5. The average Bonchev–Trinajstić information content (AvgIpc) is 2.30. The fraction of sp³-hybridized carbons (Fsp3) is 0.250. The SMILES string of the molecule is COc1cc(/C=C/CC(=O)O)cc(OC)c1O. The first-order valence-corrected chi connectivity index (χ1v) is 4.91. The Hall–Kier alpha value is -2.17. The lowest BCUT2D eigenvalue weighted by atomic mass is 10.1. The van der Waals surface area contributed by atoms with Gasteiger partial charge in [0.2, 0.25) is 5.75 Å². The Kier molecular flexibility index (Phi) is 4.39. The highest BCUT2D eigenvalue weighted by molar-refractivity contribution is 5.71. The third-order valence-electron chi connectivity index (χ3n) is 2.10. The van der Waals surface area contributed by atoms with E-state index in [1.807, 2.05) is 0 Å². The molecular formula is C12H14O5. The number of methoxy groups -OCH3 is 2. The van der Waals surface area contributed by atoms with Crippen LogP contribution in [0.1, 0.15) is 12.0 Å². The molecular weight excluding hydrogens is 224 g/mol. The highest BCUT2D eigenvalue weighted by Crippen LogP contribution is 2.37. The second kappa shape index (κ2) is 5.79. The highest BCUT2D eigenvalue weighted by Gasteiger charge is 2.09. The lowest BCUT2D eigenvalue weighted by Crippen LogP contribution is -1.91. The van der Waals surface area contributed by atoms with Crippen molar-refractivity contribution in [2.75, 3.05) is 14.2 Å². The number of rotatable bonds is 5. The smallest absolute Gasteiger partial charge is 0.307 e. The molecule has 0 aromatic heterocycles. The first-order valence-electron chi connectivity index (χ1n) is 4.91. The Morgan fingerprint density at radius 1 is 1.29 bits per heavy atom. The molecule has 1 rings (SSSR count). The standard InChI is InChI=1S/C12H14O5/c1-16-9-6-8(4-3-5-11(13)14)7-10(17-2)12(9)15/h3-4,6-7,15H,5H2,1-2H3,(H,13,14)/b4-3+. The Labute approximate surface area is 98.9 Å². The minimum Gasteiger partial charge on any atom is -0.502 e. The van der Waals surface area contributed by atoms with Crippen LogP contribution in [-0.4, -0.2) is 30.4 Å². The van der Waals surface area contributed by atoms with Crippen molar-refractivity contribution in [1.29, 1.82) is 0 Å². The van der Waals surface area contributed by atoms with Gasteiger partial charge in [0, 0.05) is 0 Å². The zero-order valence-electron chi connectivity index (χ0n) is 9.64. The van der Waals surface area contributed by atoms with E-state index in [0.717, 1.165) is 0 Å². The molecule has 0 spiro atoms. The zero-order chi connectivity index (χ0) is 12.8. The number of benzene rings is 1. The van der Waals surface area contributed by atoms with Crippen molar-refractivity contribution in [3.05, 3.63) is 23.8 Å². The van der Waals surface area contributed by atoms with Gasteiger partial charge in [-0.05, 0) is 17.7 Å². The topological polar surface area (TPSA) is 76.0 Å². The van der Waals surface area contributed by atoms with Crippen molar-refractivity contribution in [3.8, 4) is 17.2 Å². The van der Waals surface area contributed by atoms with E-state index < -0.39 is 5.97 Å². The van der Waals surface area contributed by atoms with Gasteiger partial charge in [-0.2, -0.15) is 0 Å².